The van der Waals surface area contributed by atoms with E-state index in [9.17, 15) is 4.79 Å². The number of carbonyl (C=O) groups excluding carboxylic acids is 1. The molecule has 3 N–H and O–H groups in total. The predicted molar refractivity (Wildman–Crippen MR) is 144 cm³/mol. The Hall–Kier alpha value is -3.85. The maximum atomic E-state index is 12.9. The van der Waals surface area contributed by atoms with Gasteiger partial charge in [0.15, 0.2) is 18.1 Å². The Morgan fingerprint density at radius 3 is 2.81 bits per heavy atom. The number of carbonyl (C=O) groups is 1. The van der Waals surface area contributed by atoms with Crippen LogP contribution in [-0.2, 0) is 11.2 Å². The van der Waals surface area contributed by atoms with E-state index < -0.39 is 0 Å². The number of nitrogens with one attached hydrogen (secondary N) is 3. The minimum Gasteiger partial charge on any atom is -0.493 e. The second-order valence-electron chi connectivity index (χ2n) is 9.70. The van der Waals surface area contributed by atoms with Crippen molar-refractivity contribution in [3.05, 3.63) is 66.0 Å². The number of nitrogens with zero attached hydrogens (tertiary/aromatic N) is 3. The van der Waals surface area contributed by atoms with Crippen LogP contribution in [0.5, 0.6) is 11.5 Å². The Morgan fingerprint density at radius 1 is 1.14 bits per heavy atom. The summed E-state index contributed by atoms with van der Waals surface area (Å²) in [6.45, 7) is 2.41. The number of likely N-dealkylation sites (N-methyl/N-ethyl adjacent to an activating group) is 1. The molecule has 0 saturated heterocycles. The molecule has 1 aromatic heterocycles. The molecule has 2 aliphatic heterocycles. The molecular weight excluding hydrogens is 468 g/mol. The summed E-state index contributed by atoms with van der Waals surface area (Å²) in [4.78, 5) is 24.3. The normalized spacial score (nSPS) is 20.4. The van der Waals surface area contributed by atoms with Crippen LogP contribution < -0.4 is 25.4 Å². The molecule has 0 saturated carbocycles. The lowest BCUT2D eigenvalue weighted by molar-refractivity contribution is -0.123. The number of aromatic nitrogens is 2. The Balaban J connectivity index is 1.42. The van der Waals surface area contributed by atoms with Crippen LogP contribution in [0.2, 0.25) is 0 Å². The number of hydrogen-bond donors (Lipinski definition) is 3. The van der Waals surface area contributed by atoms with Gasteiger partial charge in [0.05, 0.1) is 7.11 Å². The summed E-state index contributed by atoms with van der Waals surface area (Å²) in [6, 6.07) is 15.8. The highest BCUT2D eigenvalue weighted by Gasteiger charge is 2.28. The van der Waals surface area contributed by atoms with Gasteiger partial charge in [-0.05, 0) is 50.6 Å². The zero-order valence-electron chi connectivity index (χ0n) is 21.4. The van der Waals surface area contributed by atoms with Crippen LogP contribution in [0.1, 0.15) is 29.9 Å². The molecule has 0 radical (unpaired) electrons. The molecule has 3 aromatic rings. The Bertz CT molecular complexity index is 1220. The van der Waals surface area contributed by atoms with E-state index in [1.165, 1.54) is 5.56 Å². The third-order valence-electron chi connectivity index (χ3n) is 6.91. The van der Waals surface area contributed by atoms with Crippen molar-refractivity contribution in [2.75, 3.05) is 51.0 Å². The number of rotatable bonds is 3. The lowest BCUT2D eigenvalue weighted by Crippen LogP contribution is -2.45. The van der Waals surface area contributed by atoms with Gasteiger partial charge >= 0.3 is 0 Å². The number of methoxy groups -OCH3 is 1. The van der Waals surface area contributed by atoms with E-state index in [0.717, 1.165) is 61.8 Å². The van der Waals surface area contributed by atoms with Crippen LogP contribution in [0.4, 0.5) is 17.3 Å². The van der Waals surface area contributed by atoms with Crippen LogP contribution >= 0.6 is 0 Å². The van der Waals surface area contributed by atoms with Crippen LogP contribution in [0.25, 0.3) is 0 Å². The van der Waals surface area contributed by atoms with E-state index in [-0.39, 0.29) is 18.6 Å². The van der Waals surface area contributed by atoms with Crippen molar-refractivity contribution in [2.45, 2.75) is 31.2 Å². The molecule has 2 bridgehead atoms. The van der Waals surface area contributed by atoms with Gasteiger partial charge in [0.25, 0.3) is 5.91 Å². The first kappa shape index (κ1) is 24.8. The third kappa shape index (κ3) is 6.11. The standard InChI is InChI=1S/C28H34N6O3/c1-34-12-6-9-20-15-29-27-26(20)28(31-18-30-27)33-21-10-11-23(36-2)24(14-21)37-17-25(35)32-22(16-34)13-19-7-4-3-5-8-19/h3-5,7-8,10-11,14,18,20,22H,6,9,12-13,15-17H2,1-2H3,(H,32,35)(H2,29,30,31,33)/t20?,22-/m1/s1. The number of amides is 1. The van der Waals surface area contributed by atoms with Gasteiger partial charge in [-0.1, -0.05) is 30.3 Å². The molecule has 2 aromatic carbocycles. The summed E-state index contributed by atoms with van der Waals surface area (Å²) < 4.78 is 11.4. The zero-order valence-corrected chi connectivity index (χ0v) is 21.4. The van der Waals surface area contributed by atoms with E-state index in [2.05, 4.69) is 50.0 Å². The van der Waals surface area contributed by atoms with Gasteiger partial charge in [0.1, 0.15) is 18.0 Å². The average Bonchev–Trinajstić information content (AvgIpc) is 3.32. The van der Waals surface area contributed by atoms with Crippen LogP contribution in [0, 0.1) is 0 Å². The number of ether oxygens (including phenoxy) is 2. The van der Waals surface area contributed by atoms with E-state index in [1.807, 2.05) is 36.4 Å². The van der Waals surface area contributed by atoms with Crippen LogP contribution in [0.3, 0.4) is 0 Å². The first-order valence-electron chi connectivity index (χ1n) is 12.8. The van der Waals surface area contributed by atoms with Crippen LogP contribution in [0.15, 0.2) is 54.9 Å². The number of fused-ring (bicyclic) bond motifs is 2. The summed E-state index contributed by atoms with van der Waals surface area (Å²) in [5.74, 6) is 2.87. The van der Waals surface area contributed by atoms with Gasteiger partial charge < -0.3 is 30.3 Å². The van der Waals surface area contributed by atoms with Crippen LogP contribution in [-0.4, -0.2) is 67.2 Å². The molecule has 194 valence electrons. The quantitative estimate of drug-likeness (QED) is 0.500. The lowest BCUT2D eigenvalue weighted by Gasteiger charge is -2.26. The largest absolute Gasteiger partial charge is 0.493 e. The average molecular weight is 503 g/mol. The molecule has 1 unspecified atom stereocenters. The number of hydrogen-bond acceptors (Lipinski definition) is 8. The second kappa shape index (κ2) is 11.5. The van der Waals surface area contributed by atoms with Crippen molar-refractivity contribution in [1.29, 1.82) is 0 Å². The maximum Gasteiger partial charge on any atom is 0.258 e. The van der Waals surface area contributed by atoms with E-state index >= 15 is 0 Å². The molecule has 2 aliphatic rings. The fraction of sp³-hybridized carbons (Fsp3) is 0.393. The van der Waals surface area contributed by atoms with Crippen molar-refractivity contribution in [3.8, 4) is 11.5 Å². The molecule has 1 amide bonds. The van der Waals surface area contributed by atoms with Crippen molar-refractivity contribution in [3.63, 3.8) is 0 Å². The minimum absolute atomic E-state index is 0.0389. The van der Waals surface area contributed by atoms with Gasteiger partial charge in [0, 0.05) is 42.4 Å². The SMILES string of the molecule is COc1ccc2cc1OCC(=O)N[C@H](Cc1ccccc1)CN(C)CCCC1CNc3ncnc(c31)N2. The van der Waals surface area contributed by atoms with E-state index in [0.29, 0.717) is 17.4 Å². The summed E-state index contributed by atoms with van der Waals surface area (Å²) in [5, 5.41) is 10.1. The van der Waals surface area contributed by atoms with Crippen molar-refractivity contribution in [1.82, 2.24) is 20.2 Å². The third-order valence-corrected chi connectivity index (χ3v) is 6.91. The monoisotopic (exact) mass is 502 g/mol. The molecule has 9 heteroatoms. The highest BCUT2D eigenvalue weighted by molar-refractivity contribution is 5.78. The van der Waals surface area contributed by atoms with Gasteiger partial charge in [-0.15, -0.1) is 0 Å². The smallest absolute Gasteiger partial charge is 0.258 e. The first-order chi connectivity index (χ1) is 18.1. The van der Waals surface area contributed by atoms with Gasteiger partial charge in [-0.25, -0.2) is 9.97 Å². The molecular formula is C28H34N6O3. The summed E-state index contributed by atoms with van der Waals surface area (Å²) in [7, 11) is 3.70. The van der Waals surface area contributed by atoms with Crippen molar-refractivity contribution >= 4 is 23.2 Å². The van der Waals surface area contributed by atoms with Gasteiger partial charge in [-0.2, -0.15) is 0 Å². The molecule has 9 nitrogen and oxygen atoms in total. The highest BCUT2D eigenvalue weighted by Crippen LogP contribution is 2.39. The summed E-state index contributed by atoms with van der Waals surface area (Å²) in [5.41, 5.74) is 3.11. The van der Waals surface area contributed by atoms with E-state index in [1.54, 1.807) is 13.4 Å². The van der Waals surface area contributed by atoms with Gasteiger partial charge in [0.2, 0.25) is 0 Å². The topological polar surface area (TPSA) is 101 Å². The molecule has 0 aliphatic carbocycles. The zero-order chi connectivity index (χ0) is 25.6. The second-order valence-corrected chi connectivity index (χ2v) is 9.70. The van der Waals surface area contributed by atoms with Crippen molar-refractivity contribution in [2.24, 2.45) is 0 Å². The number of anilines is 3. The summed E-state index contributed by atoms with van der Waals surface area (Å²) in [6.07, 6.45) is 4.36. The maximum absolute atomic E-state index is 12.9. The molecule has 2 atom stereocenters. The molecule has 5 rings (SSSR count). The molecule has 0 spiro atoms. The lowest BCUT2D eigenvalue weighted by atomic mass is 9.97. The molecule has 3 heterocycles. The Labute approximate surface area is 217 Å². The van der Waals surface area contributed by atoms with Gasteiger partial charge in [-0.3, -0.25) is 4.79 Å². The fourth-order valence-electron chi connectivity index (χ4n) is 5.14. The Morgan fingerprint density at radius 2 is 1.97 bits per heavy atom. The fourth-order valence-corrected chi connectivity index (χ4v) is 5.14. The Kier molecular flexibility index (Phi) is 7.70. The number of benzene rings is 2. The molecule has 37 heavy (non-hydrogen) atoms. The summed E-state index contributed by atoms with van der Waals surface area (Å²) >= 11 is 0. The molecule has 0 fully saturated rings. The van der Waals surface area contributed by atoms with E-state index in [4.69, 9.17) is 9.47 Å². The predicted octanol–water partition coefficient (Wildman–Crippen LogP) is 3.57. The first-order valence-corrected chi connectivity index (χ1v) is 12.8. The van der Waals surface area contributed by atoms with Crippen molar-refractivity contribution < 1.29 is 14.3 Å². The highest BCUT2D eigenvalue weighted by atomic mass is 16.5. The minimum atomic E-state index is -0.165.